The Labute approximate surface area is 156 Å². The highest BCUT2D eigenvalue weighted by Crippen LogP contribution is 2.28. The summed E-state index contributed by atoms with van der Waals surface area (Å²) in [6, 6.07) is 12.4. The number of halogens is 3. The first-order chi connectivity index (χ1) is 12.8. The Morgan fingerprint density at radius 3 is 2.37 bits per heavy atom. The van der Waals surface area contributed by atoms with Crippen molar-refractivity contribution >= 4 is 18.0 Å². The lowest BCUT2D eigenvalue weighted by molar-refractivity contribution is -0.137. The van der Waals surface area contributed by atoms with E-state index in [1.807, 2.05) is 36.4 Å². The SMILES string of the molecule is C=C(/C=C/c1cccc(C(=C)N/N=C/c2ccc(C(F)(F)F)cc2)c1)NC. The second-order valence-electron chi connectivity index (χ2n) is 5.70. The van der Waals surface area contributed by atoms with Crippen LogP contribution in [0.2, 0.25) is 0 Å². The molecule has 3 nitrogen and oxygen atoms in total. The van der Waals surface area contributed by atoms with E-state index in [2.05, 4.69) is 29.0 Å². The maximum absolute atomic E-state index is 12.5. The minimum Gasteiger partial charge on any atom is -0.389 e. The van der Waals surface area contributed by atoms with E-state index >= 15 is 0 Å². The molecule has 0 radical (unpaired) electrons. The first-order valence-electron chi connectivity index (χ1n) is 8.10. The second-order valence-corrected chi connectivity index (χ2v) is 5.70. The van der Waals surface area contributed by atoms with Crippen molar-refractivity contribution in [1.82, 2.24) is 10.7 Å². The third-order valence-electron chi connectivity index (χ3n) is 3.68. The first-order valence-corrected chi connectivity index (χ1v) is 8.10. The zero-order chi connectivity index (χ0) is 19.9. The Bertz CT molecular complexity index is 863. The molecular formula is C21H20F3N3. The molecule has 0 amide bonds. The Balaban J connectivity index is 2.00. The van der Waals surface area contributed by atoms with Gasteiger partial charge >= 0.3 is 6.18 Å². The molecule has 27 heavy (non-hydrogen) atoms. The average Bonchev–Trinajstić information content (AvgIpc) is 2.66. The number of rotatable bonds is 7. The summed E-state index contributed by atoms with van der Waals surface area (Å²) in [5.74, 6) is 0. The van der Waals surface area contributed by atoms with Crippen molar-refractivity contribution in [2.75, 3.05) is 7.05 Å². The van der Waals surface area contributed by atoms with Crippen LogP contribution >= 0.6 is 0 Å². The fourth-order valence-electron chi connectivity index (χ4n) is 2.12. The number of alkyl halides is 3. The summed E-state index contributed by atoms with van der Waals surface area (Å²) in [4.78, 5) is 0. The van der Waals surface area contributed by atoms with E-state index in [1.165, 1.54) is 18.3 Å². The van der Waals surface area contributed by atoms with E-state index in [0.717, 1.165) is 29.0 Å². The maximum Gasteiger partial charge on any atom is 0.416 e. The molecule has 0 unspecified atom stereocenters. The summed E-state index contributed by atoms with van der Waals surface area (Å²) >= 11 is 0. The van der Waals surface area contributed by atoms with Crippen LogP contribution in [0.4, 0.5) is 13.2 Å². The fraction of sp³-hybridized carbons (Fsp3) is 0.0952. The molecule has 0 aliphatic heterocycles. The molecule has 2 aromatic rings. The lowest BCUT2D eigenvalue weighted by Gasteiger charge is -2.07. The predicted molar refractivity (Wildman–Crippen MR) is 105 cm³/mol. The molecule has 0 fully saturated rings. The monoisotopic (exact) mass is 371 g/mol. The first kappa shape index (κ1) is 20.0. The van der Waals surface area contributed by atoms with Crippen LogP contribution in [0, 0.1) is 0 Å². The smallest absolute Gasteiger partial charge is 0.389 e. The molecule has 0 atom stereocenters. The van der Waals surface area contributed by atoms with E-state index < -0.39 is 11.7 Å². The van der Waals surface area contributed by atoms with Crippen LogP contribution < -0.4 is 10.7 Å². The van der Waals surface area contributed by atoms with Crippen LogP contribution in [0.1, 0.15) is 22.3 Å². The molecular weight excluding hydrogens is 351 g/mol. The number of hydrogen-bond acceptors (Lipinski definition) is 3. The van der Waals surface area contributed by atoms with Gasteiger partial charge in [0.1, 0.15) is 0 Å². The van der Waals surface area contributed by atoms with Crippen molar-refractivity contribution in [3.8, 4) is 0 Å². The van der Waals surface area contributed by atoms with Crippen LogP contribution in [-0.4, -0.2) is 13.3 Å². The van der Waals surface area contributed by atoms with Gasteiger partial charge in [0.25, 0.3) is 0 Å². The summed E-state index contributed by atoms with van der Waals surface area (Å²) in [5.41, 5.74) is 5.82. The molecule has 6 heteroatoms. The minimum atomic E-state index is -4.35. The van der Waals surface area contributed by atoms with Crippen LogP contribution in [0.15, 0.2) is 78.6 Å². The largest absolute Gasteiger partial charge is 0.416 e. The quantitative estimate of drug-likeness (QED) is 0.406. The van der Waals surface area contributed by atoms with Crippen molar-refractivity contribution in [3.63, 3.8) is 0 Å². The highest BCUT2D eigenvalue weighted by atomic mass is 19.4. The fourth-order valence-corrected chi connectivity index (χ4v) is 2.12. The number of nitrogens with zero attached hydrogens (tertiary/aromatic N) is 1. The van der Waals surface area contributed by atoms with Gasteiger partial charge in [0, 0.05) is 12.7 Å². The Morgan fingerprint density at radius 1 is 1.04 bits per heavy atom. The van der Waals surface area contributed by atoms with Crippen LogP contribution in [0.5, 0.6) is 0 Å². The molecule has 0 aliphatic rings. The molecule has 0 bridgehead atoms. The standard InChI is InChI=1S/C21H20F3N3/c1-15(25-3)7-8-17-5-4-6-19(13-17)16(2)27-26-14-18-9-11-20(12-10-18)21(22,23)24/h4-14,25,27H,1-2H2,3H3/b8-7+,26-14+. The number of allylic oxidation sites excluding steroid dienone is 1. The van der Waals surface area contributed by atoms with Crippen LogP contribution in [-0.2, 0) is 6.18 Å². The summed E-state index contributed by atoms with van der Waals surface area (Å²) in [6.07, 6.45) is 0.867. The predicted octanol–water partition coefficient (Wildman–Crippen LogP) is 5.05. The molecule has 2 aromatic carbocycles. The van der Waals surface area contributed by atoms with Crippen LogP contribution in [0.3, 0.4) is 0 Å². The molecule has 0 heterocycles. The maximum atomic E-state index is 12.5. The Morgan fingerprint density at radius 2 is 1.74 bits per heavy atom. The number of hydrazone groups is 1. The Hall–Kier alpha value is -3.28. The van der Waals surface area contributed by atoms with Gasteiger partial charge in [0.15, 0.2) is 0 Å². The molecule has 2 N–H and O–H groups in total. The van der Waals surface area contributed by atoms with E-state index in [9.17, 15) is 13.2 Å². The van der Waals surface area contributed by atoms with E-state index in [0.29, 0.717) is 11.3 Å². The third kappa shape index (κ3) is 6.18. The lowest BCUT2D eigenvalue weighted by Crippen LogP contribution is -2.05. The highest BCUT2D eigenvalue weighted by molar-refractivity contribution is 5.80. The highest BCUT2D eigenvalue weighted by Gasteiger charge is 2.29. The van der Waals surface area contributed by atoms with Gasteiger partial charge in [-0.05, 0) is 41.0 Å². The topological polar surface area (TPSA) is 36.4 Å². The van der Waals surface area contributed by atoms with Crippen molar-refractivity contribution < 1.29 is 13.2 Å². The zero-order valence-electron chi connectivity index (χ0n) is 14.8. The van der Waals surface area contributed by atoms with Crippen molar-refractivity contribution in [1.29, 1.82) is 0 Å². The molecule has 140 valence electrons. The average molecular weight is 371 g/mol. The normalized spacial score (nSPS) is 11.7. The summed E-state index contributed by atoms with van der Waals surface area (Å²) in [7, 11) is 1.80. The molecule has 2 rings (SSSR count). The number of hydrogen-bond donors (Lipinski definition) is 2. The van der Waals surface area contributed by atoms with Gasteiger partial charge in [-0.2, -0.15) is 18.3 Å². The van der Waals surface area contributed by atoms with Gasteiger partial charge in [-0.25, -0.2) is 0 Å². The minimum absolute atomic E-state index is 0.547. The van der Waals surface area contributed by atoms with Gasteiger partial charge in [0.05, 0.1) is 17.5 Å². The molecule has 0 saturated heterocycles. The molecule has 0 aliphatic carbocycles. The van der Waals surface area contributed by atoms with Crippen molar-refractivity contribution in [2.24, 2.45) is 5.10 Å². The summed E-state index contributed by atoms with van der Waals surface area (Å²) in [5, 5.41) is 6.96. The third-order valence-corrected chi connectivity index (χ3v) is 3.68. The van der Waals surface area contributed by atoms with Gasteiger partial charge < -0.3 is 5.32 Å². The molecule has 0 spiro atoms. The van der Waals surface area contributed by atoms with Crippen molar-refractivity contribution in [2.45, 2.75) is 6.18 Å². The molecule has 0 aromatic heterocycles. The van der Waals surface area contributed by atoms with E-state index in [-0.39, 0.29) is 0 Å². The number of likely N-dealkylation sites (N-methyl/N-ethyl adjacent to an activating group) is 1. The van der Waals surface area contributed by atoms with Gasteiger partial charge in [-0.1, -0.05) is 49.6 Å². The summed E-state index contributed by atoms with van der Waals surface area (Å²) in [6.45, 7) is 7.75. The number of benzene rings is 2. The van der Waals surface area contributed by atoms with E-state index in [1.54, 1.807) is 7.05 Å². The van der Waals surface area contributed by atoms with Gasteiger partial charge in [-0.15, -0.1) is 0 Å². The van der Waals surface area contributed by atoms with Gasteiger partial charge in [-0.3, -0.25) is 5.43 Å². The summed E-state index contributed by atoms with van der Waals surface area (Å²) < 4.78 is 37.6. The van der Waals surface area contributed by atoms with E-state index in [4.69, 9.17) is 0 Å². The molecule has 0 saturated carbocycles. The van der Waals surface area contributed by atoms with Gasteiger partial charge in [0.2, 0.25) is 0 Å². The van der Waals surface area contributed by atoms with Crippen LogP contribution in [0.25, 0.3) is 11.8 Å². The zero-order valence-corrected chi connectivity index (χ0v) is 14.8. The second kappa shape index (κ2) is 8.89. The number of nitrogens with one attached hydrogen (secondary N) is 2. The van der Waals surface area contributed by atoms with Crippen molar-refractivity contribution in [3.05, 3.63) is 95.7 Å². The lowest BCUT2D eigenvalue weighted by atomic mass is 10.1. The Kier molecular flexibility index (Phi) is 6.60.